The van der Waals surface area contributed by atoms with Crippen LogP contribution >= 0.6 is 0 Å². The Kier molecular flexibility index (Phi) is 6.41. The number of ether oxygens (including phenoxy) is 1. The van der Waals surface area contributed by atoms with Gasteiger partial charge < -0.3 is 10.1 Å². The number of aromatic nitrogens is 1. The maximum atomic E-state index is 13.0. The maximum absolute atomic E-state index is 13.0. The molecule has 2 aromatic rings. The van der Waals surface area contributed by atoms with Crippen LogP contribution in [-0.4, -0.2) is 54.5 Å². The first kappa shape index (κ1) is 20.0. The molecule has 1 N–H and O–H groups in total. The quantitative estimate of drug-likeness (QED) is 0.779. The molecule has 1 aromatic heterocycles. The predicted molar refractivity (Wildman–Crippen MR) is 108 cm³/mol. The van der Waals surface area contributed by atoms with Gasteiger partial charge in [0.2, 0.25) is 0 Å². The van der Waals surface area contributed by atoms with Crippen molar-refractivity contribution in [3.05, 3.63) is 53.9 Å². The van der Waals surface area contributed by atoms with Crippen LogP contribution < -0.4 is 5.32 Å². The summed E-state index contributed by atoms with van der Waals surface area (Å²) in [5.74, 6) is -0.311. The summed E-state index contributed by atoms with van der Waals surface area (Å²) in [6.07, 6.45) is 3.98. The average Bonchev–Trinajstić information content (AvgIpc) is 3.06. The van der Waals surface area contributed by atoms with Crippen molar-refractivity contribution in [2.45, 2.75) is 38.3 Å². The summed E-state index contributed by atoms with van der Waals surface area (Å²) in [5, 5.41) is 3.07. The molecule has 0 saturated carbocycles. The Morgan fingerprint density at radius 1 is 1.18 bits per heavy atom. The van der Waals surface area contributed by atoms with Crippen LogP contribution in [0, 0.1) is 6.92 Å². The van der Waals surface area contributed by atoms with Gasteiger partial charge in [-0.25, -0.2) is 0 Å². The normalized spacial score (nSPS) is 19.4. The number of likely N-dealkylation sites (tertiary alicyclic amines) is 1. The monoisotopic (exact) mass is 381 g/mol. The molecule has 3 rings (SSSR count). The van der Waals surface area contributed by atoms with E-state index in [1.807, 2.05) is 50.4 Å². The van der Waals surface area contributed by atoms with E-state index in [0.29, 0.717) is 24.2 Å². The Bertz CT molecular complexity index is 838. The third kappa shape index (κ3) is 4.39. The molecular formula is C22H27N3O3. The van der Waals surface area contributed by atoms with Crippen LogP contribution in [0.5, 0.6) is 0 Å². The van der Waals surface area contributed by atoms with Gasteiger partial charge in [0.05, 0.1) is 24.8 Å². The third-order valence-corrected chi connectivity index (χ3v) is 5.57. The number of pyridine rings is 1. The number of nitrogens with one attached hydrogen (secondary N) is 1. The van der Waals surface area contributed by atoms with Crippen molar-refractivity contribution in [2.24, 2.45) is 0 Å². The minimum atomic E-state index is -0.194. The summed E-state index contributed by atoms with van der Waals surface area (Å²) < 4.78 is 4.78. The molecule has 1 aromatic carbocycles. The maximum Gasteiger partial charge on any atom is 0.307 e. The van der Waals surface area contributed by atoms with E-state index >= 15 is 0 Å². The highest BCUT2D eigenvalue weighted by molar-refractivity contribution is 6.01. The lowest BCUT2D eigenvalue weighted by atomic mass is 9.99. The van der Waals surface area contributed by atoms with E-state index in [4.69, 9.17) is 4.74 Å². The molecule has 1 fully saturated rings. The number of amides is 1. The second-order valence-corrected chi connectivity index (χ2v) is 7.23. The summed E-state index contributed by atoms with van der Waals surface area (Å²) >= 11 is 0. The fourth-order valence-corrected chi connectivity index (χ4v) is 3.87. The van der Waals surface area contributed by atoms with Crippen LogP contribution in [0.1, 0.15) is 35.3 Å². The summed E-state index contributed by atoms with van der Waals surface area (Å²) in [7, 11) is 3.41. The van der Waals surface area contributed by atoms with Crippen molar-refractivity contribution < 1.29 is 14.3 Å². The van der Waals surface area contributed by atoms with E-state index in [1.165, 1.54) is 7.11 Å². The molecule has 1 saturated heterocycles. The topological polar surface area (TPSA) is 71.5 Å². The number of benzene rings is 1. The molecule has 0 spiro atoms. The number of esters is 1. The molecule has 1 aliphatic heterocycles. The molecule has 1 aliphatic rings. The van der Waals surface area contributed by atoms with E-state index in [0.717, 1.165) is 24.0 Å². The first-order valence-corrected chi connectivity index (χ1v) is 9.59. The molecule has 6 heteroatoms. The Morgan fingerprint density at radius 3 is 2.61 bits per heavy atom. The van der Waals surface area contributed by atoms with Crippen LogP contribution in [-0.2, 0) is 9.53 Å². The van der Waals surface area contributed by atoms with Crippen LogP contribution in [0.4, 0.5) is 0 Å². The SMILES string of the molecule is COC(=O)C[C@H]1CC[C@@H](CNC(=O)c2c(-c3ccccc3)ccnc2C)N1C. The molecule has 28 heavy (non-hydrogen) atoms. The highest BCUT2D eigenvalue weighted by Gasteiger charge is 2.32. The summed E-state index contributed by atoms with van der Waals surface area (Å²) in [6, 6.07) is 12.1. The Balaban J connectivity index is 1.69. The lowest BCUT2D eigenvalue weighted by Gasteiger charge is -2.25. The molecule has 148 valence electrons. The number of aryl methyl sites for hydroxylation is 1. The minimum Gasteiger partial charge on any atom is -0.469 e. The van der Waals surface area contributed by atoms with E-state index in [-0.39, 0.29) is 24.0 Å². The number of carbonyl (C=O) groups excluding carboxylic acids is 2. The Morgan fingerprint density at radius 2 is 1.89 bits per heavy atom. The Labute approximate surface area is 165 Å². The van der Waals surface area contributed by atoms with Gasteiger partial charge in [0.1, 0.15) is 0 Å². The molecule has 0 unspecified atom stereocenters. The molecule has 2 atom stereocenters. The fraction of sp³-hybridized carbons (Fsp3) is 0.409. The number of carbonyl (C=O) groups is 2. The van der Waals surface area contributed by atoms with Crippen molar-refractivity contribution in [1.82, 2.24) is 15.2 Å². The molecule has 6 nitrogen and oxygen atoms in total. The van der Waals surface area contributed by atoms with Gasteiger partial charge in [0.25, 0.3) is 5.91 Å². The fourth-order valence-electron chi connectivity index (χ4n) is 3.87. The Hall–Kier alpha value is -2.73. The van der Waals surface area contributed by atoms with Crippen LogP contribution in [0.15, 0.2) is 42.6 Å². The zero-order chi connectivity index (χ0) is 20.1. The molecular weight excluding hydrogens is 354 g/mol. The molecule has 0 radical (unpaired) electrons. The van der Waals surface area contributed by atoms with E-state index < -0.39 is 0 Å². The van der Waals surface area contributed by atoms with Crippen molar-refractivity contribution in [2.75, 3.05) is 20.7 Å². The highest BCUT2D eigenvalue weighted by Crippen LogP contribution is 2.26. The number of methoxy groups -OCH3 is 1. The minimum absolute atomic E-state index is 0.116. The first-order chi connectivity index (χ1) is 13.5. The smallest absolute Gasteiger partial charge is 0.307 e. The molecule has 1 amide bonds. The van der Waals surface area contributed by atoms with Gasteiger partial charge >= 0.3 is 5.97 Å². The lowest BCUT2D eigenvalue weighted by molar-refractivity contribution is -0.141. The summed E-state index contributed by atoms with van der Waals surface area (Å²) in [6.45, 7) is 2.39. The van der Waals surface area contributed by atoms with Gasteiger partial charge in [-0.15, -0.1) is 0 Å². The largest absolute Gasteiger partial charge is 0.469 e. The zero-order valence-electron chi connectivity index (χ0n) is 16.6. The van der Waals surface area contributed by atoms with E-state index in [2.05, 4.69) is 15.2 Å². The zero-order valence-corrected chi connectivity index (χ0v) is 16.6. The summed E-state index contributed by atoms with van der Waals surface area (Å²) in [5.41, 5.74) is 3.20. The highest BCUT2D eigenvalue weighted by atomic mass is 16.5. The summed E-state index contributed by atoms with van der Waals surface area (Å²) in [4.78, 5) is 31.0. The predicted octanol–water partition coefficient (Wildman–Crippen LogP) is 2.81. The second kappa shape index (κ2) is 8.97. The van der Waals surface area contributed by atoms with Crippen LogP contribution in [0.3, 0.4) is 0 Å². The van der Waals surface area contributed by atoms with Crippen LogP contribution in [0.2, 0.25) is 0 Å². The third-order valence-electron chi connectivity index (χ3n) is 5.57. The van der Waals surface area contributed by atoms with Gasteiger partial charge in [0.15, 0.2) is 0 Å². The first-order valence-electron chi connectivity index (χ1n) is 9.59. The number of nitrogens with zero attached hydrogens (tertiary/aromatic N) is 2. The number of rotatable bonds is 6. The number of hydrogen-bond donors (Lipinski definition) is 1. The standard InChI is InChI=1S/C22H27N3O3/c1-15-21(19(11-12-23-15)16-7-5-4-6-8-16)22(27)24-14-18-10-9-17(25(18)2)13-20(26)28-3/h4-8,11-12,17-18H,9-10,13-14H2,1-3H3,(H,24,27)/t17-,18+/m1/s1. The van der Waals surface area contributed by atoms with Crippen molar-refractivity contribution in [3.8, 4) is 11.1 Å². The van der Waals surface area contributed by atoms with Gasteiger partial charge in [0, 0.05) is 24.8 Å². The van der Waals surface area contributed by atoms with Gasteiger partial charge in [-0.2, -0.15) is 0 Å². The van der Waals surface area contributed by atoms with Gasteiger partial charge in [-0.05, 0) is 44.0 Å². The number of likely N-dealkylation sites (N-methyl/N-ethyl adjacent to an activating group) is 1. The lowest BCUT2D eigenvalue weighted by Crippen LogP contribution is -2.41. The number of hydrogen-bond acceptors (Lipinski definition) is 5. The molecule has 0 aliphatic carbocycles. The van der Waals surface area contributed by atoms with Crippen molar-refractivity contribution in [1.29, 1.82) is 0 Å². The second-order valence-electron chi connectivity index (χ2n) is 7.23. The van der Waals surface area contributed by atoms with E-state index in [9.17, 15) is 9.59 Å². The van der Waals surface area contributed by atoms with E-state index in [1.54, 1.807) is 6.20 Å². The van der Waals surface area contributed by atoms with Crippen LogP contribution in [0.25, 0.3) is 11.1 Å². The van der Waals surface area contributed by atoms with Crippen molar-refractivity contribution in [3.63, 3.8) is 0 Å². The van der Waals surface area contributed by atoms with Gasteiger partial charge in [-0.1, -0.05) is 30.3 Å². The van der Waals surface area contributed by atoms with Gasteiger partial charge in [-0.3, -0.25) is 19.5 Å². The molecule has 0 bridgehead atoms. The van der Waals surface area contributed by atoms with Crippen molar-refractivity contribution >= 4 is 11.9 Å². The average molecular weight is 381 g/mol. The molecule has 2 heterocycles.